The van der Waals surface area contributed by atoms with Gasteiger partial charge in [-0.15, -0.1) is 0 Å². The highest BCUT2D eigenvalue weighted by Crippen LogP contribution is 2.26. The van der Waals surface area contributed by atoms with Crippen molar-refractivity contribution >= 4 is 29.1 Å². The Bertz CT molecular complexity index is 674. The third-order valence-corrected chi connectivity index (χ3v) is 4.06. The average Bonchev–Trinajstić information content (AvgIpc) is 2.96. The lowest BCUT2D eigenvalue weighted by Crippen LogP contribution is -2.38. The minimum atomic E-state index is -1.30. The second kappa shape index (κ2) is 5.75. The van der Waals surface area contributed by atoms with Crippen molar-refractivity contribution in [2.45, 2.75) is 19.4 Å². The predicted octanol–water partition coefficient (Wildman–Crippen LogP) is 2.87. The molecule has 0 aliphatic carbocycles. The van der Waals surface area contributed by atoms with Crippen LogP contribution in [0.3, 0.4) is 0 Å². The SMILES string of the molecule is Cc1ccc(C(C)(O)CNC(=O)c2cc(Cl)c(Cl)n2C)o1. The monoisotopic (exact) mass is 330 g/mol. The number of rotatable bonds is 4. The van der Waals surface area contributed by atoms with Crippen molar-refractivity contribution in [3.05, 3.63) is 45.6 Å². The van der Waals surface area contributed by atoms with Gasteiger partial charge in [0.15, 0.2) is 0 Å². The van der Waals surface area contributed by atoms with Crippen LogP contribution in [0.2, 0.25) is 10.2 Å². The summed E-state index contributed by atoms with van der Waals surface area (Å²) in [6, 6.07) is 4.91. The van der Waals surface area contributed by atoms with E-state index in [2.05, 4.69) is 5.32 Å². The van der Waals surface area contributed by atoms with E-state index in [-0.39, 0.29) is 17.6 Å². The van der Waals surface area contributed by atoms with Crippen molar-refractivity contribution in [1.29, 1.82) is 0 Å². The van der Waals surface area contributed by atoms with Gasteiger partial charge in [0.05, 0.1) is 11.6 Å². The van der Waals surface area contributed by atoms with Crippen LogP contribution in [-0.2, 0) is 12.6 Å². The van der Waals surface area contributed by atoms with E-state index < -0.39 is 5.60 Å². The summed E-state index contributed by atoms with van der Waals surface area (Å²) in [5, 5.41) is 13.6. The lowest BCUT2D eigenvalue weighted by atomic mass is 10.0. The van der Waals surface area contributed by atoms with E-state index in [1.165, 1.54) is 10.6 Å². The Kier molecular flexibility index (Phi) is 4.37. The molecule has 21 heavy (non-hydrogen) atoms. The molecule has 2 N–H and O–H groups in total. The van der Waals surface area contributed by atoms with Crippen LogP contribution in [0, 0.1) is 6.92 Å². The number of nitrogens with zero attached hydrogens (tertiary/aromatic N) is 1. The summed E-state index contributed by atoms with van der Waals surface area (Å²) in [4.78, 5) is 12.1. The smallest absolute Gasteiger partial charge is 0.268 e. The first-order chi connectivity index (χ1) is 9.72. The largest absolute Gasteiger partial charge is 0.463 e. The van der Waals surface area contributed by atoms with Crippen molar-refractivity contribution in [1.82, 2.24) is 9.88 Å². The molecule has 114 valence electrons. The zero-order valence-corrected chi connectivity index (χ0v) is 13.4. The van der Waals surface area contributed by atoms with Crippen molar-refractivity contribution in [2.24, 2.45) is 7.05 Å². The number of amides is 1. The molecular formula is C14H16Cl2N2O3. The van der Waals surface area contributed by atoms with Crippen LogP contribution in [0.25, 0.3) is 0 Å². The van der Waals surface area contributed by atoms with E-state index in [0.717, 1.165) is 0 Å². The first kappa shape index (κ1) is 15.9. The van der Waals surface area contributed by atoms with Crippen molar-refractivity contribution in [3.8, 4) is 0 Å². The topological polar surface area (TPSA) is 67.4 Å². The zero-order chi connectivity index (χ0) is 15.8. The first-order valence-corrected chi connectivity index (χ1v) is 7.06. The molecule has 2 aromatic rings. The van der Waals surface area contributed by atoms with Crippen LogP contribution in [0.5, 0.6) is 0 Å². The summed E-state index contributed by atoms with van der Waals surface area (Å²) in [5.74, 6) is 0.704. The van der Waals surface area contributed by atoms with Crippen molar-refractivity contribution in [2.75, 3.05) is 6.54 Å². The molecule has 5 nitrogen and oxygen atoms in total. The van der Waals surface area contributed by atoms with Gasteiger partial charge in [-0.3, -0.25) is 4.79 Å². The van der Waals surface area contributed by atoms with Crippen molar-refractivity contribution in [3.63, 3.8) is 0 Å². The fourth-order valence-corrected chi connectivity index (χ4v) is 2.29. The Labute approximate surface area is 132 Å². The third-order valence-electron chi connectivity index (χ3n) is 3.21. The fourth-order valence-electron chi connectivity index (χ4n) is 1.91. The van der Waals surface area contributed by atoms with Crippen LogP contribution in [-0.4, -0.2) is 22.1 Å². The summed E-state index contributed by atoms with van der Waals surface area (Å²) in [6.45, 7) is 3.35. The summed E-state index contributed by atoms with van der Waals surface area (Å²) in [5.41, 5.74) is -0.987. The Balaban J connectivity index is 2.08. The zero-order valence-electron chi connectivity index (χ0n) is 11.9. The number of aryl methyl sites for hydroxylation is 1. The molecule has 1 amide bonds. The fraction of sp³-hybridized carbons (Fsp3) is 0.357. The van der Waals surface area contributed by atoms with Gasteiger partial charge in [-0.1, -0.05) is 23.2 Å². The molecule has 0 saturated heterocycles. The molecule has 0 aliphatic rings. The quantitative estimate of drug-likeness (QED) is 0.905. The number of carbonyl (C=O) groups is 1. The van der Waals surface area contributed by atoms with Gasteiger partial charge >= 0.3 is 0 Å². The Morgan fingerprint density at radius 3 is 2.62 bits per heavy atom. The maximum atomic E-state index is 12.1. The molecule has 2 heterocycles. The number of hydrogen-bond donors (Lipinski definition) is 2. The van der Waals surface area contributed by atoms with E-state index in [9.17, 15) is 9.90 Å². The summed E-state index contributed by atoms with van der Waals surface area (Å²) < 4.78 is 6.86. The van der Waals surface area contributed by atoms with E-state index in [0.29, 0.717) is 22.2 Å². The number of halogens is 2. The van der Waals surface area contributed by atoms with Crippen LogP contribution in [0.15, 0.2) is 22.6 Å². The number of carbonyl (C=O) groups excluding carboxylic acids is 1. The molecule has 0 spiro atoms. The molecule has 0 saturated carbocycles. The third kappa shape index (κ3) is 3.26. The second-order valence-electron chi connectivity index (χ2n) is 5.09. The number of hydrogen-bond acceptors (Lipinski definition) is 3. The highest BCUT2D eigenvalue weighted by molar-refractivity contribution is 6.41. The lowest BCUT2D eigenvalue weighted by molar-refractivity contribution is 0.0322. The van der Waals surface area contributed by atoms with Crippen LogP contribution in [0.4, 0.5) is 0 Å². The number of nitrogens with one attached hydrogen (secondary N) is 1. The van der Waals surface area contributed by atoms with Crippen LogP contribution in [0.1, 0.15) is 28.9 Å². The van der Waals surface area contributed by atoms with E-state index in [1.807, 2.05) is 0 Å². The predicted molar refractivity (Wildman–Crippen MR) is 80.8 cm³/mol. The van der Waals surface area contributed by atoms with Gasteiger partial charge in [0.2, 0.25) is 0 Å². The van der Waals surface area contributed by atoms with Gasteiger partial charge in [0.1, 0.15) is 28.0 Å². The van der Waals surface area contributed by atoms with Gasteiger partial charge < -0.3 is 19.4 Å². The molecule has 0 fully saturated rings. The van der Waals surface area contributed by atoms with E-state index in [1.54, 1.807) is 33.0 Å². The number of aromatic nitrogens is 1. The lowest BCUT2D eigenvalue weighted by Gasteiger charge is -2.21. The van der Waals surface area contributed by atoms with Crippen molar-refractivity contribution < 1.29 is 14.3 Å². The molecule has 0 aromatic carbocycles. The molecule has 0 aliphatic heterocycles. The first-order valence-electron chi connectivity index (χ1n) is 6.30. The van der Waals surface area contributed by atoms with Gasteiger partial charge in [0, 0.05) is 7.05 Å². The molecule has 2 rings (SSSR count). The molecule has 0 bridgehead atoms. The molecule has 1 atom stereocenters. The number of furan rings is 1. The standard InChI is InChI=1S/C14H16Cl2N2O3/c1-8-4-5-11(21-8)14(2,20)7-17-13(19)10-6-9(15)12(16)18(10)3/h4-6,20H,7H2,1-3H3,(H,17,19). The van der Waals surface area contributed by atoms with Crippen LogP contribution >= 0.6 is 23.2 Å². The second-order valence-corrected chi connectivity index (χ2v) is 5.86. The van der Waals surface area contributed by atoms with Gasteiger partial charge in [0.25, 0.3) is 5.91 Å². The Morgan fingerprint density at radius 2 is 2.14 bits per heavy atom. The van der Waals surface area contributed by atoms with Crippen LogP contribution < -0.4 is 5.32 Å². The Hall–Kier alpha value is -1.43. The van der Waals surface area contributed by atoms with E-state index >= 15 is 0 Å². The molecular weight excluding hydrogens is 315 g/mol. The van der Waals surface area contributed by atoms with Gasteiger partial charge in [-0.25, -0.2) is 0 Å². The maximum Gasteiger partial charge on any atom is 0.268 e. The maximum absolute atomic E-state index is 12.1. The summed E-state index contributed by atoms with van der Waals surface area (Å²) in [7, 11) is 1.64. The molecule has 7 heteroatoms. The van der Waals surface area contributed by atoms with Gasteiger partial charge in [-0.05, 0) is 32.0 Å². The minimum Gasteiger partial charge on any atom is -0.463 e. The Morgan fingerprint density at radius 1 is 1.48 bits per heavy atom. The highest BCUT2D eigenvalue weighted by Gasteiger charge is 2.28. The summed E-state index contributed by atoms with van der Waals surface area (Å²) >= 11 is 11.8. The molecule has 0 radical (unpaired) electrons. The summed E-state index contributed by atoms with van der Waals surface area (Å²) in [6.07, 6.45) is 0. The molecule has 2 aromatic heterocycles. The molecule has 1 unspecified atom stereocenters. The minimum absolute atomic E-state index is 0.000789. The number of aliphatic hydroxyl groups is 1. The van der Waals surface area contributed by atoms with Gasteiger partial charge in [-0.2, -0.15) is 0 Å². The van der Waals surface area contributed by atoms with E-state index in [4.69, 9.17) is 27.6 Å². The highest BCUT2D eigenvalue weighted by atomic mass is 35.5. The normalized spacial score (nSPS) is 14.0. The average molecular weight is 331 g/mol.